The van der Waals surface area contributed by atoms with Gasteiger partial charge in [0, 0.05) is 16.8 Å². The topological polar surface area (TPSA) is 48.0 Å². The molecule has 1 amide bonds. The number of hydrogen-bond acceptors (Lipinski definition) is 4. The van der Waals surface area contributed by atoms with E-state index < -0.39 is 23.8 Å². The van der Waals surface area contributed by atoms with Gasteiger partial charge in [-0.3, -0.25) is 4.79 Å². The Labute approximate surface area is 224 Å². The van der Waals surface area contributed by atoms with Gasteiger partial charge in [-0.25, -0.2) is 8.78 Å². The number of amides is 1. The first-order valence-electron chi connectivity index (χ1n) is 12.0. The normalized spacial score (nSPS) is 17.4. The third-order valence-electron chi connectivity index (χ3n) is 6.10. The summed E-state index contributed by atoms with van der Waals surface area (Å²) in [6.45, 7) is 0.242. The number of rotatable bonds is 8. The van der Waals surface area contributed by atoms with Gasteiger partial charge in [-0.2, -0.15) is 0 Å². The van der Waals surface area contributed by atoms with Crippen LogP contribution in [0.1, 0.15) is 17.2 Å². The van der Waals surface area contributed by atoms with Crippen molar-refractivity contribution in [3.63, 3.8) is 0 Å². The van der Waals surface area contributed by atoms with Crippen molar-refractivity contribution in [3.05, 3.63) is 125 Å². The lowest BCUT2D eigenvalue weighted by Crippen LogP contribution is -2.51. The van der Waals surface area contributed by atoms with Gasteiger partial charge in [0.2, 0.25) is 0 Å². The second-order valence-electron chi connectivity index (χ2n) is 8.81. The predicted molar refractivity (Wildman–Crippen MR) is 140 cm³/mol. The number of morpholine rings is 1. The van der Waals surface area contributed by atoms with Crippen LogP contribution < -0.4 is 9.64 Å². The number of carbonyl (C=O) groups excluding carboxylic acids is 1. The fourth-order valence-electron chi connectivity index (χ4n) is 4.39. The molecule has 0 radical (unpaired) electrons. The Hall–Kier alpha value is -3.78. The Balaban J connectivity index is 1.41. The van der Waals surface area contributed by atoms with Crippen molar-refractivity contribution in [1.29, 1.82) is 0 Å². The molecule has 0 unspecified atom stereocenters. The fourth-order valence-corrected chi connectivity index (χ4v) is 4.52. The molecule has 8 heteroatoms. The van der Waals surface area contributed by atoms with Crippen molar-refractivity contribution in [2.45, 2.75) is 18.8 Å². The highest BCUT2D eigenvalue weighted by Crippen LogP contribution is 2.36. The molecule has 38 heavy (non-hydrogen) atoms. The summed E-state index contributed by atoms with van der Waals surface area (Å²) in [6, 6.07) is 25.8. The number of nitrogens with zero attached hydrogens (tertiary/aromatic N) is 1. The maximum atomic E-state index is 14.3. The van der Waals surface area contributed by atoms with Crippen LogP contribution >= 0.6 is 11.6 Å². The van der Waals surface area contributed by atoms with Gasteiger partial charge in [0.25, 0.3) is 5.91 Å². The van der Waals surface area contributed by atoms with Crippen molar-refractivity contribution in [2.24, 2.45) is 0 Å². The van der Waals surface area contributed by atoms with E-state index in [4.69, 9.17) is 25.8 Å². The van der Waals surface area contributed by atoms with Crippen LogP contribution in [0.25, 0.3) is 0 Å². The average molecular weight is 536 g/mol. The lowest BCUT2D eigenvalue weighted by Gasteiger charge is -2.41. The molecule has 4 aromatic rings. The summed E-state index contributed by atoms with van der Waals surface area (Å²) < 4.78 is 46.1. The molecule has 1 fully saturated rings. The van der Waals surface area contributed by atoms with Gasteiger partial charge < -0.3 is 19.1 Å². The minimum atomic E-state index is -0.819. The quantitative estimate of drug-likeness (QED) is 0.241. The van der Waals surface area contributed by atoms with Crippen LogP contribution in [-0.2, 0) is 20.9 Å². The van der Waals surface area contributed by atoms with Crippen LogP contribution in [0, 0.1) is 11.6 Å². The molecule has 1 aliphatic heterocycles. The van der Waals surface area contributed by atoms with Crippen LogP contribution in [-0.4, -0.2) is 25.2 Å². The van der Waals surface area contributed by atoms with Gasteiger partial charge >= 0.3 is 0 Å². The Morgan fingerprint density at radius 2 is 1.50 bits per heavy atom. The van der Waals surface area contributed by atoms with Gasteiger partial charge in [-0.05, 0) is 71.8 Å². The minimum Gasteiger partial charge on any atom is -0.457 e. The SMILES string of the molecule is O=C1CO[C@@H](COCc2ccccc2)[C@H](c2cc(F)cc(F)c2)N1c1ccc(Oc2ccc(Cl)cc2)cc1. The summed E-state index contributed by atoms with van der Waals surface area (Å²) in [5, 5.41) is 0.598. The van der Waals surface area contributed by atoms with E-state index in [1.807, 2.05) is 30.3 Å². The van der Waals surface area contributed by atoms with Gasteiger partial charge in [0.15, 0.2) is 0 Å². The van der Waals surface area contributed by atoms with E-state index >= 15 is 0 Å². The first-order chi connectivity index (χ1) is 18.5. The highest BCUT2D eigenvalue weighted by Gasteiger charge is 2.39. The van der Waals surface area contributed by atoms with Gasteiger partial charge in [-0.1, -0.05) is 41.9 Å². The zero-order chi connectivity index (χ0) is 26.5. The van der Waals surface area contributed by atoms with Crippen LogP contribution in [0.4, 0.5) is 14.5 Å². The lowest BCUT2D eigenvalue weighted by atomic mass is 9.97. The molecular formula is C30H24ClF2NO4. The standard InChI is InChI=1S/C30H24ClF2NO4/c31-22-6-10-26(11-7-22)38-27-12-8-25(9-13-27)34-29(35)19-37-28(18-36-17-20-4-2-1-3-5-20)30(34)21-14-23(32)16-24(33)15-21/h1-16,28,30H,17-19H2/t28-,30-/m0/s1. The van der Waals surface area contributed by atoms with E-state index in [0.29, 0.717) is 28.8 Å². The number of benzene rings is 4. The number of anilines is 1. The molecule has 194 valence electrons. The number of carbonyl (C=O) groups is 1. The molecule has 5 nitrogen and oxygen atoms in total. The van der Waals surface area contributed by atoms with E-state index in [-0.39, 0.29) is 24.7 Å². The first-order valence-corrected chi connectivity index (χ1v) is 12.4. The smallest absolute Gasteiger partial charge is 0.253 e. The zero-order valence-corrected chi connectivity index (χ0v) is 21.0. The molecule has 5 rings (SSSR count). The van der Waals surface area contributed by atoms with Crippen molar-refractivity contribution >= 4 is 23.2 Å². The second kappa shape index (κ2) is 11.7. The van der Waals surface area contributed by atoms with E-state index in [1.54, 1.807) is 48.5 Å². The van der Waals surface area contributed by atoms with Crippen molar-refractivity contribution < 1.29 is 27.8 Å². The van der Waals surface area contributed by atoms with Gasteiger partial charge in [-0.15, -0.1) is 0 Å². The zero-order valence-electron chi connectivity index (χ0n) is 20.2. The molecule has 1 heterocycles. The van der Waals surface area contributed by atoms with E-state index in [9.17, 15) is 13.6 Å². The summed E-state index contributed by atoms with van der Waals surface area (Å²) in [6.07, 6.45) is -0.664. The summed E-state index contributed by atoms with van der Waals surface area (Å²) >= 11 is 5.93. The molecule has 0 aromatic heterocycles. The highest BCUT2D eigenvalue weighted by molar-refractivity contribution is 6.30. The maximum Gasteiger partial charge on any atom is 0.253 e. The molecule has 0 N–H and O–H groups in total. The number of hydrogen-bond donors (Lipinski definition) is 0. The minimum absolute atomic E-state index is 0.110. The second-order valence-corrected chi connectivity index (χ2v) is 9.25. The third-order valence-corrected chi connectivity index (χ3v) is 6.36. The predicted octanol–water partition coefficient (Wildman–Crippen LogP) is 7.10. The molecule has 0 saturated carbocycles. The molecule has 4 aromatic carbocycles. The average Bonchev–Trinajstić information content (AvgIpc) is 2.91. The van der Waals surface area contributed by atoms with Gasteiger partial charge in [0.05, 0.1) is 19.3 Å². The highest BCUT2D eigenvalue weighted by atomic mass is 35.5. The maximum absolute atomic E-state index is 14.3. The van der Waals surface area contributed by atoms with Crippen molar-refractivity contribution in [2.75, 3.05) is 18.1 Å². The molecule has 0 aliphatic carbocycles. The van der Waals surface area contributed by atoms with E-state index in [2.05, 4.69) is 0 Å². The summed E-state index contributed by atoms with van der Waals surface area (Å²) in [4.78, 5) is 14.6. The number of ether oxygens (including phenoxy) is 3. The Bertz CT molecular complexity index is 1360. The van der Waals surface area contributed by atoms with Crippen LogP contribution in [0.2, 0.25) is 5.02 Å². The van der Waals surface area contributed by atoms with Crippen molar-refractivity contribution in [3.8, 4) is 11.5 Å². The summed E-state index contributed by atoms with van der Waals surface area (Å²) in [5.41, 5.74) is 1.77. The molecule has 1 saturated heterocycles. The Morgan fingerprint density at radius 3 is 2.16 bits per heavy atom. The monoisotopic (exact) mass is 535 g/mol. The fraction of sp³-hybridized carbons (Fsp3) is 0.167. The number of halogens is 3. The molecule has 2 atom stereocenters. The van der Waals surface area contributed by atoms with Crippen LogP contribution in [0.3, 0.4) is 0 Å². The Morgan fingerprint density at radius 1 is 0.868 bits per heavy atom. The lowest BCUT2D eigenvalue weighted by molar-refractivity contribution is -0.136. The third kappa shape index (κ3) is 6.19. The summed E-state index contributed by atoms with van der Waals surface area (Å²) in [5.74, 6) is -0.672. The largest absolute Gasteiger partial charge is 0.457 e. The van der Waals surface area contributed by atoms with Crippen molar-refractivity contribution in [1.82, 2.24) is 0 Å². The van der Waals surface area contributed by atoms with Crippen LogP contribution in [0.5, 0.6) is 11.5 Å². The van der Waals surface area contributed by atoms with E-state index in [0.717, 1.165) is 11.6 Å². The molecule has 1 aliphatic rings. The molecular weight excluding hydrogens is 512 g/mol. The Kier molecular flexibility index (Phi) is 7.98. The summed E-state index contributed by atoms with van der Waals surface area (Å²) in [7, 11) is 0. The van der Waals surface area contributed by atoms with E-state index in [1.165, 1.54) is 17.0 Å². The van der Waals surface area contributed by atoms with Gasteiger partial charge in [0.1, 0.15) is 35.8 Å². The molecule has 0 spiro atoms. The van der Waals surface area contributed by atoms with Crippen LogP contribution in [0.15, 0.2) is 97.1 Å². The molecule has 0 bridgehead atoms. The first kappa shape index (κ1) is 25.9.